The number of carbonyl (C=O) groups is 1. The summed E-state index contributed by atoms with van der Waals surface area (Å²) < 4.78 is 16.1. The van der Waals surface area contributed by atoms with Crippen LogP contribution < -0.4 is 10.6 Å². The quantitative estimate of drug-likeness (QED) is 0.438. The fourth-order valence-corrected chi connectivity index (χ4v) is 2.15. The molecule has 2 N–H and O–H groups in total. The molecule has 0 aromatic heterocycles. The molecule has 1 rings (SSSR count). The second-order valence-electron chi connectivity index (χ2n) is 5.80. The maximum atomic E-state index is 11.5. The average Bonchev–Trinajstić information content (AvgIpc) is 3.21. The van der Waals surface area contributed by atoms with Crippen LogP contribution in [0.25, 0.3) is 0 Å². The van der Waals surface area contributed by atoms with Crippen molar-refractivity contribution in [2.45, 2.75) is 26.2 Å². The van der Waals surface area contributed by atoms with Crippen LogP contribution >= 0.6 is 0 Å². The molecule has 22 heavy (non-hydrogen) atoms. The Morgan fingerprint density at radius 1 is 1.00 bits per heavy atom. The number of carbonyl (C=O) groups excluding carboxylic acids is 1. The molecule has 6 heteroatoms. The molecule has 1 aliphatic rings. The number of amides is 1. The third-order valence-corrected chi connectivity index (χ3v) is 3.82. The van der Waals surface area contributed by atoms with Gasteiger partial charge < -0.3 is 24.8 Å². The van der Waals surface area contributed by atoms with E-state index in [2.05, 4.69) is 17.6 Å². The average molecular weight is 316 g/mol. The molecule has 0 spiro atoms. The Hall–Kier alpha value is -0.690. The number of rotatable bonds is 15. The van der Waals surface area contributed by atoms with E-state index in [1.807, 2.05) is 7.05 Å². The molecule has 0 heterocycles. The summed E-state index contributed by atoms with van der Waals surface area (Å²) in [5.74, 6) is 1.77. The van der Waals surface area contributed by atoms with Crippen molar-refractivity contribution in [3.63, 3.8) is 0 Å². The first kappa shape index (κ1) is 19.4. The number of likely N-dealkylation sites (N-methyl/N-ethyl adjacent to an activating group) is 1. The van der Waals surface area contributed by atoms with E-state index < -0.39 is 0 Å². The van der Waals surface area contributed by atoms with Gasteiger partial charge in [0, 0.05) is 26.1 Å². The van der Waals surface area contributed by atoms with Crippen LogP contribution in [0, 0.1) is 11.8 Å². The van der Waals surface area contributed by atoms with Crippen LogP contribution in [0.4, 0.5) is 0 Å². The predicted octanol–water partition coefficient (Wildman–Crippen LogP) is 0.808. The van der Waals surface area contributed by atoms with E-state index in [1.54, 1.807) is 0 Å². The molecule has 0 aromatic carbocycles. The van der Waals surface area contributed by atoms with Crippen molar-refractivity contribution in [3.05, 3.63) is 0 Å². The van der Waals surface area contributed by atoms with Crippen molar-refractivity contribution in [2.24, 2.45) is 11.8 Å². The normalized spacial score (nSPS) is 20.1. The number of hydrogen-bond acceptors (Lipinski definition) is 5. The van der Waals surface area contributed by atoms with Gasteiger partial charge in [0.1, 0.15) is 0 Å². The first-order valence-electron chi connectivity index (χ1n) is 8.38. The van der Waals surface area contributed by atoms with Crippen molar-refractivity contribution in [2.75, 3.05) is 59.8 Å². The van der Waals surface area contributed by atoms with Crippen molar-refractivity contribution in [1.82, 2.24) is 10.6 Å². The van der Waals surface area contributed by atoms with E-state index in [1.165, 1.54) is 6.42 Å². The third kappa shape index (κ3) is 11.0. The summed E-state index contributed by atoms with van der Waals surface area (Å²) in [6.45, 7) is 7.30. The van der Waals surface area contributed by atoms with Crippen LogP contribution in [0.15, 0.2) is 0 Å². The van der Waals surface area contributed by atoms with Gasteiger partial charge in [0.05, 0.1) is 33.0 Å². The van der Waals surface area contributed by atoms with Gasteiger partial charge >= 0.3 is 0 Å². The summed E-state index contributed by atoms with van der Waals surface area (Å²) in [6.07, 6.45) is 2.88. The highest BCUT2D eigenvalue weighted by Crippen LogP contribution is 2.40. The highest BCUT2D eigenvalue weighted by Gasteiger charge is 2.31. The Morgan fingerprint density at radius 3 is 2.32 bits per heavy atom. The van der Waals surface area contributed by atoms with Gasteiger partial charge in [-0.05, 0) is 31.7 Å². The Balaban J connectivity index is 1.73. The second-order valence-corrected chi connectivity index (χ2v) is 5.80. The molecule has 1 aliphatic carbocycles. The predicted molar refractivity (Wildman–Crippen MR) is 85.9 cm³/mol. The minimum absolute atomic E-state index is 0.00974. The highest BCUT2D eigenvalue weighted by molar-refractivity contribution is 5.75. The van der Waals surface area contributed by atoms with Crippen LogP contribution in [-0.2, 0) is 19.0 Å². The van der Waals surface area contributed by atoms with Crippen LogP contribution in [0.5, 0.6) is 0 Å². The largest absolute Gasteiger partial charge is 0.380 e. The molecule has 130 valence electrons. The molecule has 0 aromatic rings. The zero-order valence-corrected chi connectivity index (χ0v) is 14.1. The van der Waals surface area contributed by atoms with Gasteiger partial charge in [0.25, 0.3) is 0 Å². The third-order valence-electron chi connectivity index (χ3n) is 3.82. The summed E-state index contributed by atoms with van der Waals surface area (Å²) >= 11 is 0. The molecular weight excluding hydrogens is 284 g/mol. The topological polar surface area (TPSA) is 68.8 Å². The number of hydrogen-bond donors (Lipinski definition) is 2. The molecule has 0 bridgehead atoms. The van der Waals surface area contributed by atoms with E-state index in [4.69, 9.17) is 14.2 Å². The van der Waals surface area contributed by atoms with Gasteiger partial charge in [0.15, 0.2) is 0 Å². The summed E-state index contributed by atoms with van der Waals surface area (Å²) in [7, 11) is 1.89. The summed E-state index contributed by atoms with van der Waals surface area (Å²) in [4.78, 5) is 11.5. The van der Waals surface area contributed by atoms with Gasteiger partial charge in [-0.25, -0.2) is 0 Å². The first-order valence-corrected chi connectivity index (χ1v) is 8.38. The second kappa shape index (κ2) is 12.8. The van der Waals surface area contributed by atoms with Gasteiger partial charge in [0.2, 0.25) is 5.91 Å². The van der Waals surface area contributed by atoms with Crippen molar-refractivity contribution in [3.8, 4) is 0 Å². The first-order chi connectivity index (χ1) is 10.7. The van der Waals surface area contributed by atoms with Crippen LogP contribution in [-0.4, -0.2) is 65.7 Å². The smallest absolute Gasteiger partial charge is 0.222 e. The zero-order valence-electron chi connectivity index (χ0n) is 14.1. The van der Waals surface area contributed by atoms with Crippen LogP contribution in [0.2, 0.25) is 0 Å². The minimum atomic E-state index is 0.00974. The lowest BCUT2D eigenvalue weighted by Gasteiger charge is -2.07. The van der Waals surface area contributed by atoms with Crippen molar-refractivity contribution in [1.29, 1.82) is 0 Å². The fourth-order valence-electron chi connectivity index (χ4n) is 2.15. The molecule has 1 fully saturated rings. The van der Waals surface area contributed by atoms with E-state index >= 15 is 0 Å². The lowest BCUT2D eigenvalue weighted by Crippen LogP contribution is -2.28. The molecule has 6 nitrogen and oxygen atoms in total. The monoisotopic (exact) mass is 316 g/mol. The van der Waals surface area contributed by atoms with E-state index in [0.717, 1.165) is 31.4 Å². The zero-order chi connectivity index (χ0) is 16.0. The van der Waals surface area contributed by atoms with Crippen molar-refractivity contribution >= 4 is 5.91 Å². The lowest BCUT2D eigenvalue weighted by molar-refractivity contribution is -0.122. The maximum Gasteiger partial charge on any atom is 0.222 e. The molecule has 0 radical (unpaired) electrons. The molecule has 1 saturated carbocycles. The van der Waals surface area contributed by atoms with Crippen LogP contribution in [0.1, 0.15) is 26.2 Å². The fraction of sp³-hybridized carbons (Fsp3) is 0.938. The Kier molecular flexibility index (Phi) is 11.3. The molecular formula is C16H32N2O4. The van der Waals surface area contributed by atoms with Crippen LogP contribution in [0.3, 0.4) is 0 Å². The molecule has 2 unspecified atom stereocenters. The van der Waals surface area contributed by atoms with Gasteiger partial charge in [-0.1, -0.05) is 6.92 Å². The maximum absolute atomic E-state index is 11.5. The molecule has 0 aliphatic heterocycles. The molecule has 0 saturated heterocycles. The van der Waals surface area contributed by atoms with Gasteiger partial charge in [-0.3, -0.25) is 4.79 Å². The Bertz CT molecular complexity index is 289. The summed E-state index contributed by atoms with van der Waals surface area (Å²) in [6, 6.07) is 0. The van der Waals surface area contributed by atoms with E-state index in [-0.39, 0.29) is 5.91 Å². The standard InChI is InChI=1S/C16H32N2O4/c1-14-13-15(14)3-7-20-10-6-18-16(19)4-8-21-11-12-22-9-5-17-2/h14-15,17H,3-13H2,1-2H3,(H,18,19). The SMILES string of the molecule is CNCCOCCOCCC(=O)NCCOCCC1CC1C. The van der Waals surface area contributed by atoms with Gasteiger partial charge in [-0.2, -0.15) is 0 Å². The minimum Gasteiger partial charge on any atom is -0.380 e. The van der Waals surface area contributed by atoms with E-state index in [0.29, 0.717) is 46.0 Å². The van der Waals surface area contributed by atoms with E-state index in [9.17, 15) is 4.79 Å². The Labute approximate surface area is 134 Å². The number of nitrogens with one attached hydrogen (secondary N) is 2. The summed E-state index contributed by atoms with van der Waals surface area (Å²) in [5.41, 5.74) is 0. The van der Waals surface area contributed by atoms with Gasteiger partial charge in [-0.15, -0.1) is 0 Å². The highest BCUT2D eigenvalue weighted by atomic mass is 16.5. The summed E-state index contributed by atoms with van der Waals surface area (Å²) in [5, 5.41) is 5.83. The lowest BCUT2D eigenvalue weighted by atomic mass is 10.3. The molecule has 1 amide bonds. The Morgan fingerprint density at radius 2 is 1.64 bits per heavy atom. The van der Waals surface area contributed by atoms with Crippen molar-refractivity contribution < 1.29 is 19.0 Å². The number of ether oxygens (including phenoxy) is 3. The molecule has 2 atom stereocenters.